The molecule has 2 N–H and O–H groups in total. The van der Waals surface area contributed by atoms with Crippen LogP contribution in [0.25, 0.3) is 0 Å². The lowest BCUT2D eigenvalue weighted by molar-refractivity contribution is 0.100. The Morgan fingerprint density at radius 1 is 1.08 bits per heavy atom. The Morgan fingerprint density at radius 3 is 2.60 bits per heavy atom. The number of likely N-dealkylation sites (N-methyl/N-ethyl adjacent to an activating group) is 1. The van der Waals surface area contributed by atoms with Gasteiger partial charge in [-0.15, -0.1) is 0 Å². The van der Waals surface area contributed by atoms with Gasteiger partial charge in [-0.1, -0.05) is 12.1 Å². The third-order valence-corrected chi connectivity index (χ3v) is 4.62. The maximum atomic E-state index is 11.5. The van der Waals surface area contributed by atoms with Crippen molar-refractivity contribution in [1.82, 2.24) is 9.80 Å². The molecule has 0 radical (unpaired) electrons. The molecule has 25 heavy (non-hydrogen) atoms. The minimum atomic E-state index is -0.471. The Bertz CT molecular complexity index is 854. The predicted molar refractivity (Wildman–Crippen MR) is 96.7 cm³/mol. The van der Waals surface area contributed by atoms with Crippen molar-refractivity contribution in [3.05, 3.63) is 53.6 Å². The first-order valence-electron chi connectivity index (χ1n) is 8.35. The van der Waals surface area contributed by atoms with Gasteiger partial charge in [0.15, 0.2) is 5.75 Å². The number of fused-ring (bicyclic) bond motifs is 2. The van der Waals surface area contributed by atoms with Crippen molar-refractivity contribution in [2.24, 2.45) is 10.7 Å². The van der Waals surface area contributed by atoms with Crippen LogP contribution >= 0.6 is 0 Å². The van der Waals surface area contributed by atoms with Gasteiger partial charge in [0.1, 0.15) is 17.3 Å². The van der Waals surface area contributed by atoms with Gasteiger partial charge in [0.25, 0.3) is 0 Å². The number of nitrogens with zero attached hydrogens (tertiary/aromatic N) is 3. The lowest BCUT2D eigenvalue weighted by atomic mass is 10.1. The van der Waals surface area contributed by atoms with Gasteiger partial charge in [0, 0.05) is 31.7 Å². The molecule has 0 aromatic heterocycles. The molecule has 0 spiro atoms. The Balaban J connectivity index is 1.83. The van der Waals surface area contributed by atoms with Crippen molar-refractivity contribution in [3.63, 3.8) is 0 Å². The molecule has 0 saturated carbocycles. The molecule has 0 aliphatic carbocycles. The number of carbonyl (C=O) groups is 1. The molecule has 6 heteroatoms. The number of nitrogens with two attached hydrogens (primary N) is 1. The molecular weight excluding hydrogens is 316 g/mol. The number of benzene rings is 2. The second-order valence-electron chi connectivity index (χ2n) is 6.37. The summed E-state index contributed by atoms with van der Waals surface area (Å²) in [5, 5.41) is 0. The summed E-state index contributed by atoms with van der Waals surface area (Å²) in [6.07, 6.45) is 0. The first-order valence-corrected chi connectivity index (χ1v) is 8.35. The molecule has 2 aromatic rings. The van der Waals surface area contributed by atoms with Gasteiger partial charge in [0.05, 0.1) is 5.56 Å². The molecule has 2 aliphatic rings. The van der Waals surface area contributed by atoms with Gasteiger partial charge < -0.3 is 20.3 Å². The number of para-hydroxylation sites is 1. The average Bonchev–Trinajstić information content (AvgIpc) is 2.78. The van der Waals surface area contributed by atoms with E-state index >= 15 is 0 Å². The molecule has 4 rings (SSSR count). The molecule has 0 unspecified atom stereocenters. The molecule has 1 saturated heterocycles. The fraction of sp³-hybridized carbons (Fsp3) is 0.263. The predicted octanol–water partition coefficient (Wildman–Crippen LogP) is 2.22. The highest BCUT2D eigenvalue weighted by molar-refractivity contribution is 6.04. The maximum Gasteiger partial charge on any atom is 0.248 e. The number of amidine groups is 1. The standard InChI is InChI=1S/C19H20N4O2/c1-22-8-10-23(11-9-22)19-14-4-2-3-5-16(14)25-17-7-6-13(18(20)24)12-15(17)21-19/h2-7,12H,8-11H2,1H3,(H2,20,24). The normalized spacial score (nSPS) is 17.0. The Labute approximate surface area is 146 Å². The fourth-order valence-corrected chi connectivity index (χ4v) is 3.14. The summed E-state index contributed by atoms with van der Waals surface area (Å²) in [4.78, 5) is 21.0. The monoisotopic (exact) mass is 336 g/mol. The minimum Gasteiger partial charge on any atom is -0.454 e. The molecule has 2 heterocycles. The minimum absolute atomic E-state index is 0.426. The number of primary amides is 1. The van der Waals surface area contributed by atoms with E-state index in [-0.39, 0.29) is 0 Å². The number of hydrogen-bond donors (Lipinski definition) is 1. The highest BCUT2D eigenvalue weighted by Crippen LogP contribution is 2.38. The topological polar surface area (TPSA) is 71.2 Å². The lowest BCUT2D eigenvalue weighted by Gasteiger charge is -2.34. The number of ether oxygens (including phenoxy) is 1. The van der Waals surface area contributed by atoms with Crippen molar-refractivity contribution in [1.29, 1.82) is 0 Å². The first-order chi connectivity index (χ1) is 12.1. The smallest absolute Gasteiger partial charge is 0.248 e. The molecule has 2 aliphatic heterocycles. The first kappa shape index (κ1) is 15.7. The Hall–Kier alpha value is -2.86. The summed E-state index contributed by atoms with van der Waals surface area (Å²) < 4.78 is 6.08. The molecule has 128 valence electrons. The number of rotatable bonds is 1. The molecular formula is C19H20N4O2. The van der Waals surface area contributed by atoms with Gasteiger partial charge >= 0.3 is 0 Å². The second kappa shape index (κ2) is 6.22. The largest absolute Gasteiger partial charge is 0.454 e. The van der Waals surface area contributed by atoms with E-state index in [4.69, 9.17) is 15.5 Å². The third kappa shape index (κ3) is 2.96. The SMILES string of the molecule is CN1CCN(C2=Nc3cc(C(N)=O)ccc3Oc3ccccc32)CC1. The van der Waals surface area contributed by atoms with Crippen LogP contribution in [0, 0.1) is 0 Å². The van der Waals surface area contributed by atoms with Crippen LogP contribution in [0.1, 0.15) is 15.9 Å². The van der Waals surface area contributed by atoms with Crippen molar-refractivity contribution in [2.45, 2.75) is 0 Å². The van der Waals surface area contributed by atoms with E-state index in [1.165, 1.54) is 0 Å². The van der Waals surface area contributed by atoms with E-state index in [2.05, 4.69) is 16.8 Å². The molecule has 0 atom stereocenters. The van der Waals surface area contributed by atoms with Crippen LogP contribution in [0.15, 0.2) is 47.5 Å². The number of amides is 1. The molecule has 6 nitrogen and oxygen atoms in total. The van der Waals surface area contributed by atoms with Gasteiger partial charge in [0.2, 0.25) is 5.91 Å². The van der Waals surface area contributed by atoms with Crippen LogP contribution in [0.5, 0.6) is 11.5 Å². The molecule has 0 bridgehead atoms. The Kier molecular flexibility index (Phi) is 3.89. The zero-order valence-corrected chi connectivity index (χ0v) is 14.1. The van der Waals surface area contributed by atoms with Crippen molar-refractivity contribution in [3.8, 4) is 11.5 Å². The van der Waals surface area contributed by atoms with Gasteiger partial charge in [-0.2, -0.15) is 0 Å². The van der Waals surface area contributed by atoms with Crippen molar-refractivity contribution < 1.29 is 9.53 Å². The summed E-state index contributed by atoms with van der Waals surface area (Å²) in [6.45, 7) is 3.76. The molecule has 1 fully saturated rings. The molecule has 1 amide bonds. The van der Waals surface area contributed by atoms with E-state index in [1.807, 2.05) is 24.3 Å². The van der Waals surface area contributed by atoms with Gasteiger partial charge in [-0.05, 0) is 37.4 Å². The third-order valence-electron chi connectivity index (χ3n) is 4.62. The van der Waals surface area contributed by atoms with Crippen molar-refractivity contribution in [2.75, 3.05) is 33.2 Å². The van der Waals surface area contributed by atoms with E-state index < -0.39 is 5.91 Å². The van der Waals surface area contributed by atoms with Crippen LogP contribution < -0.4 is 10.5 Å². The second-order valence-corrected chi connectivity index (χ2v) is 6.37. The van der Waals surface area contributed by atoms with Gasteiger partial charge in [-0.25, -0.2) is 4.99 Å². The van der Waals surface area contributed by atoms with E-state index in [0.29, 0.717) is 17.0 Å². The zero-order chi connectivity index (χ0) is 17.4. The van der Waals surface area contributed by atoms with Crippen LogP contribution in [-0.4, -0.2) is 54.8 Å². The van der Waals surface area contributed by atoms with E-state index in [1.54, 1.807) is 18.2 Å². The van der Waals surface area contributed by atoms with Crippen LogP contribution in [0.2, 0.25) is 0 Å². The maximum absolute atomic E-state index is 11.5. The number of piperazine rings is 1. The highest BCUT2D eigenvalue weighted by Gasteiger charge is 2.25. The Morgan fingerprint density at radius 2 is 1.84 bits per heavy atom. The summed E-state index contributed by atoms with van der Waals surface area (Å²) in [7, 11) is 2.12. The zero-order valence-electron chi connectivity index (χ0n) is 14.1. The summed E-state index contributed by atoms with van der Waals surface area (Å²) in [5.74, 6) is 1.80. The highest BCUT2D eigenvalue weighted by atomic mass is 16.5. The van der Waals surface area contributed by atoms with Crippen molar-refractivity contribution >= 4 is 17.4 Å². The summed E-state index contributed by atoms with van der Waals surface area (Å²) >= 11 is 0. The van der Waals surface area contributed by atoms with Crippen LogP contribution in [0.3, 0.4) is 0 Å². The number of hydrogen-bond acceptors (Lipinski definition) is 5. The molecule has 2 aromatic carbocycles. The number of aliphatic imine (C=N–C) groups is 1. The quantitative estimate of drug-likeness (QED) is 0.867. The van der Waals surface area contributed by atoms with E-state index in [0.717, 1.165) is 43.3 Å². The number of carbonyl (C=O) groups excluding carboxylic acids is 1. The lowest BCUT2D eigenvalue weighted by Crippen LogP contribution is -2.47. The summed E-state index contributed by atoms with van der Waals surface area (Å²) in [6, 6.07) is 13.0. The van der Waals surface area contributed by atoms with E-state index in [9.17, 15) is 4.79 Å². The average molecular weight is 336 g/mol. The van der Waals surface area contributed by atoms with Gasteiger partial charge in [-0.3, -0.25) is 4.79 Å². The summed E-state index contributed by atoms with van der Waals surface area (Å²) in [5.41, 5.74) is 7.43. The fourth-order valence-electron chi connectivity index (χ4n) is 3.14. The van der Waals surface area contributed by atoms with Crippen LogP contribution in [-0.2, 0) is 0 Å². The van der Waals surface area contributed by atoms with Crippen LogP contribution in [0.4, 0.5) is 5.69 Å².